The summed E-state index contributed by atoms with van der Waals surface area (Å²) in [6.07, 6.45) is 2.16. The third-order valence-corrected chi connectivity index (χ3v) is 2.37. The van der Waals surface area contributed by atoms with Gasteiger partial charge in [-0.25, -0.2) is 0 Å². The minimum Gasteiger partial charge on any atom is -0.299 e. The molecule has 10 heavy (non-hydrogen) atoms. The van der Waals surface area contributed by atoms with Crippen molar-refractivity contribution in [2.45, 2.75) is 32.2 Å². The quantitative estimate of drug-likeness (QED) is 0.592. The highest BCUT2D eigenvalue weighted by Crippen LogP contribution is 2.26. The maximum absolute atomic E-state index is 8.87. The van der Waals surface area contributed by atoms with Gasteiger partial charge in [-0.3, -0.25) is 5.32 Å². The fourth-order valence-corrected chi connectivity index (χ4v) is 1.48. The van der Waals surface area contributed by atoms with Crippen LogP contribution in [0, 0.1) is 17.2 Å². The Morgan fingerprint density at radius 1 is 1.60 bits per heavy atom. The molecule has 1 aliphatic heterocycles. The third kappa shape index (κ3) is 1.02. The SMILES string of the molecule is CC(C)C1(C#N)CCCN1. The Labute approximate surface area is 62.2 Å². The molecule has 2 heteroatoms. The van der Waals surface area contributed by atoms with Crippen molar-refractivity contribution >= 4 is 0 Å². The summed E-state index contributed by atoms with van der Waals surface area (Å²) in [7, 11) is 0. The zero-order valence-corrected chi connectivity index (χ0v) is 6.65. The molecular weight excluding hydrogens is 124 g/mol. The monoisotopic (exact) mass is 138 g/mol. The molecule has 0 aliphatic carbocycles. The Bertz CT molecular complexity index is 149. The second kappa shape index (κ2) is 2.59. The highest BCUT2D eigenvalue weighted by molar-refractivity contribution is 5.11. The first-order valence-corrected chi connectivity index (χ1v) is 3.87. The molecule has 1 rings (SSSR count). The normalized spacial score (nSPS) is 32.6. The Morgan fingerprint density at radius 3 is 2.50 bits per heavy atom. The van der Waals surface area contributed by atoms with Crippen molar-refractivity contribution in [1.29, 1.82) is 5.26 Å². The van der Waals surface area contributed by atoms with Crippen LogP contribution in [0.2, 0.25) is 0 Å². The Kier molecular flexibility index (Phi) is 1.96. The number of hydrogen-bond donors (Lipinski definition) is 1. The van der Waals surface area contributed by atoms with Crippen LogP contribution in [0.15, 0.2) is 0 Å². The van der Waals surface area contributed by atoms with Crippen LogP contribution in [0.3, 0.4) is 0 Å². The van der Waals surface area contributed by atoms with Crippen molar-refractivity contribution in [3.05, 3.63) is 0 Å². The first-order chi connectivity index (χ1) is 4.71. The Morgan fingerprint density at radius 2 is 2.30 bits per heavy atom. The summed E-state index contributed by atoms with van der Waals surface area (Å²) in [5, 5.41) is 12.1. The topological polar surface area (TPSA) is 35.8 Å². The van der Waals surface area contributed by atoms with Crippen molar-refractivity contribution in [1.82, 2.24) is 5.32 Å². The zero-order chi connectivity index (χ0) is 7.61. The lowest BCUT2D eigenvalue weighted by atomic mass is 9.87. The summed E-state index contributed by atoms with van der Waals surface area (Å²) in [6, 6.07) is 2.37. The maximum Gasteiger partial charge on any atom is 0.109 e. The Balaban J connectivity index is 2.70. The lowest BCUT2D eigenvalue weighted by Crippen LogP contribution is -2.43. The molecule has 0 aromatic carbocycles. The van der Waals surface area contributed by atoms with E-state index in [0.29, 0.717) is 5.92 Å². The van der Waals surface area contributed by atoms with Gasteiger partial charge >= 0.3 is 0 Å². The molecule has 1 aliphatic rings. The van der Waals surface area contributed by atoms with E-state index in [0.717, 1.165) is 19.4 Å². The van der Waals surface area contributed by atoms with Gasteiger partial charge < -0.3 is 0 Å². The largest absolute Gasteiger partial charge is 0.299 e. The van der Waals surface area contributed by atoms with E-state index in [9.17, 15) is 0 Å². The number of rotatable bonds is 1. The fraction of sp³-hybridized carbons (Fsp3) is 0.875. The van der Waals surface area contributed by atoms with Crippen LogP contribution in [0.25, 0.3) is 0 Å². The number of nitrogens with zero attached hydrogens (tertiary/aromatic N) is 1. The highest BCUT2D eigenvalue weighted by atomic mass is 15.0. The molecule has 1 heterocycles. The average molecular weight is 138 g/mol. The predicted molar refractivity (Wildman–Crippen MR) is 40.4 cm³/mol. The van der Waals surface area contributed by atoms with Gasteiger partial charge in [-0.2, -0.15) is 5.26 Å². The van der Waals surface area contributed by atoms with Crippen LogP contribution in [-0.4, -0.2) is 12.1 Å². The van der Waals surface area contributed by atoms with Crippen LogP contribution >= 0.6 is 0 Å². The van der Waals surface area contributed by atoms with Crippen LogP contribution in [0.4, 0.5) is 0 Å². The van der Waals surface area contributed by atoms with E-state index in [1.54, 1.807) is 0 Å². The fourth-order valence-electron chi connectivity index (χ4n) is 1.48. The molecule has 1 N–H and O–H groups in total. The summed E-state index contributed by atoms with van der Waals surface area (Å²) in [5.74, 6) is 0.431. The molecule has 0 amide bonds. The van der Waals surface area contributed by atoms with E-state index in [1.165, 1.54) is 0 Å². The minimum atomic E-state index is -0.208. The third-order valence-electron chi connectivity index (χ3n) is 2.37. The van der Waals surface area contributed by atoms with Gasteiger partial charge in [0.2, 0.25) is 0 Å². The molecule has 2 nitrogen and oxygen atoms in total. The van der Waals surface area contributed by atoms with Crippen molar-refractivity contribution in [2.24, 2.45) is 5.92 Å². The van der Waals surface area contributed by atoms with Gasteiger partial charge in [-0.15, -0.1) is 0 Å². The van der Waals surface area contributed by atoms with Gasteiger partial charge in [-0.05, 0) is 25.3 Å². The molecule has 0 radical (unpaired) electrons. The van der Waals surface area contributed by atoms with E-state index in [1.807, 2.05) is 0 Å². The second-order valence-electron chi connectivity index (χ2n) is 3.27. The van der Waals surface area contributed by atoms with Crippen molar-refractivity contribution in [3.63, 3.8) is 0 Å². The lowest BCUT2D eigenvalue weighted by molar-refractivity contribution is 0.355. The summed E-state index contributed by atoms with van der Waals surface area (Å²) in [5.41, 5.74) is -0.208. The standard InChI is InChI=1S/C8H14N2/c1-7(2)8(6-9)4-3-5-10-8/h7,10H,3-5H2,1-2H3. The lowest BCUT2D eigenvalue weighted by Gasteiger charge is -2.25. The molecule has 0 bridgehead atoms. The molecule has 0 aromatic heterocycles. The molecule has 0 aromatic rings. The zero-order valence-electron chi connectivity index (χ0n) is 6.65. The summed E-state index contributed by atoms with van der Waals surface area (Å²) in [4.78, 5) is 0. The summed E-state index contributed by atoms with van der Waals surface area (Å²) < 4.78 is 0. The summed E-state index contributed by atoms with van der Waals surface area (Å²) >= 11 is 0. The molecule has 56 valence electrons. The number of nitriles is 1. The van der Waals surface area contributed by atoms with E-state index in [-0.39, 0.29) is 5.54 Å². The van der Waals surface area contributed by atoms with Gasteiger partial charge in [0, 0.05) is 0 Å². The molecule has 0 saturated carbocycles. The molecular formula is C8H14N2. The van der Waals surface area contributed by atoms with Gasteiger partial charge in [0.1, 0.15) is 5.54 Å². The highest BCUT2D eigenvalue weighted by Gasteiger charge is 2.36. The van der Waals surface area contributed by atoms with E-state index >= 15 is 0 Å². The van der Waals surface area contributed by atoms with Crippen LogP contribution in [0.1, 0.15) is 26.7 Å². The number of hydrogen-bond acceptors (Lipinski definition) is 2. The van der Waals surface area contributed by atoms with Gasteiger partial charge in [-0.1, -0.05) is 13.8 Å². The average Bonchev–Trinajstić information content (AvgIpc) is 2.35. The number of nitrogens with one attached hydrogen (secondary N) is 1. The molecule has 1 unspecified atom stereocenters. The van der Waals surface area contributed by atoms with E-state index in [4.69, 9.17) is 5.26 Å². The molecule has 1 saturated heterocycles. The smallest absolute Gasteiger partial charge is 0.109 e. The first-order valence-electron chi connectivity index (χ1n) is 3.87. The van der Waals surface area contributed by atoms with Crippen LogP contribution < -0.4 is 5.32 Å². The van der Waals surface area contributed by atoms with E-state index < -0.39 is 0 Å². The molecule has 1 fully saturated rings. The Hall–Kier alpha value is -0.550. The first kappa shape index (κ1) is 7.56. The predicted octanol–water partition coefficient (Wildman–Crippen LogP) is 1.29. The summed E-state index contributed by atoms with van der Waals surface area (Å²) in [6.45, 7) is 5.20. The molecule has 0 spiro atoms. The van der Waals surface area contributed by atoms with E-state index in [2.05, 4.69) is 25.2 Å². The van der Waals surface area contributed by atoms with Crippen LogP contribution in [-0.2, 0) is 0 Å². The van der Waals surface area contributed by atoms with Crippen LogP contribution in [0.5, 0.6) is 0 Å². The minimum absolute atomic E-state index is 0.208. The van der Waals surface area contributed by atoms with Crippen molar-refractivity contribution < 1.29 is 0 Å². The van der Waals surface area contributed by atoms with Crippen molar-refractivity contribution in [2.75, 3.05) is 6.54 Å². The molecule has 1 atom stereocenters. The second-order valence-corrected chi connectivity index (χ2v) is 3.27. The van der Waals surface area contributed by atoms with Crippen molar-refractivity contribution in [3.8, 4) is 6.07 Å². The van der Waals surface area contributed by atoms with Gasteiger partial charge in [0.25, 0.3) is 0 Å². The maximum atomic E-state index is 8.87. The van der Waals surface area contributed by atoms with Gasteiger partial charge in [0.05, 0.1) is 6.07 Å². The van der Waals surface area contributed by atoms with Gasteiger partial charge in [0.15, 0.2) is 0 Å².